The molecule has 0 aromatic heterocycles. The summed E-state index contributed by atoms with van der Waals surface area (Å²) in [6, 6.07) is 5.34. The van der Waals surface area contributed by atoms with Crippen LogP contribution in [0.3, 0.4) is 0 Å². The maximum atomic E-state index is 12.4. The van der Waals surface area contributed by atoms with Gasteiger partial charge in [0.05, 0.1) is 25.5 Å². The third kappa shape index (κ3) is 3.83. The fourth-order valence-corrected chi connectivity index (χ4v) is 3.37. The molecule has 1 aliphatic rings. The standard InChI is InChI=1S/C15H15NO5S2/c1-20-10-5-3-4-9(13(10)21-2)8-11-14(19)16(15(22)23-11)7-6-12(17)18/h3-5,8H,6-7H2,1-2H3,(H,17,18)/b11-8+. The second kappa shape index (κ2) is 7.47. The lowest BCUT2D eigenvalue weighted by atomic mass is 10.1. The molecule has 6 nitrogen and oxygen atoms in total. The minimum atomic E-state index is -0.975. The lowest BCUT2D eigenvalue weighted by Gasteiger charge is -2.12. The number of para-hydroxylation sites is 1. The van der Waals surface area contributed by atoms with E-state index in [2.05, 4.69) is 0 Å². The number of carboxylic acid groups (broad SMARTS) is 1. The highest BCUT2D eigenvalue weighted by molar-refractivity contribution is 8.26. The number of rotatable bonds is 6. The number of thioether (sulfide) groups is 1. The quantitative estimate of drug-likeness (QED) is 0.621. The van der Waals surface area contributed by atoms with Crippen LogP contribution in [0.2, 0.25) is 0 Å². The minimum Gasteiger partial charge on any atom is -0.493 e. The molecule has 0 saturated carbocycles. The first-order chi connectivity index (χ1) is 11.0. The summed E-state index contributed by atoms with van der Waals surface area (Å²) < 4.78 is 10.9. The van der Waals surface area contributed by atoms with Gasteiger partial charge in [0.25, 0.3) is 5.91 Å². The summed E-state index contributed by atoms with van der Waals surface area (Å²) in [6.45, 7) is 0.0621. The first kappa shape index (κ1) is 17.3. The molecule has 2 rings (SSSR count). The number of hydrogen-bond donors (Lipinski definition) is 1. The first-order valence-corrected chi connectivity index (χ1v) is 7.88. The molecule has 1 N–H and O–H groups in total. The Balaban J connectivity index is 2.29. The lowest BCUT2D eigenvalue weighted by molar-refractivity contribution is -0.137. The molecule has 1 saturated heterocycles. The van der Waals surface area contributed by atoms with Gasteiger partial charge in [-0.15, -0.1) is 0 Å². The van der Waals surface area contributed by atoms with Gasteiger partial charge < -0.3 is 14.6 Å². The second-order valence-corrected chi connectivity index (χ2v) is 6.24. The second-order valence-electron chi connectivity index (χ2n) is 4.56. The van der Waals surface area contributed by atoms with Crippen LogP contribution < -0.4 is 9.47 Å². The molecule has 8 heteroatoms. The van der Waals surface area contributed by atoms with Crippen LogP contribution in [0.5, 0.6) is 11.5 Å². The van der Waals surface area contributed by atoms with Crippen LogP contribution in [0.4, 0.5) is 0 Å². The van der Waals surface area contributed by atoms with E-state index in [9.17, 15) is 9.59 Å². The largest absolute Gasteiger partial charge is 0.493 e. The van der Waals surface area contributed by atoms with Gasteiger partial charge in [0.15, 0.2) is 11.5 Å². The number of aliphatic carboxylic acids is 1. The summed E-state index contributed by atoms with van der Waals surface area (Å²) in [5.74, 6) is -0.197. The molecule has 1 aliphatic heterocycles. The average Bonchev–Trinajstić information content (AvgIpc) is 2.79. The third-order valence-corrected chi connectivity index (χ3v) is 4.52. The van der Waals surface area contributed by atoms with Crippen molar-refractivity contribution in [3.63, 3.8) is 0 Å². The molecular formula is C15H15NO5S2. The fraction of sp³-hybridized carbons (Fsp3) is 0.267. The third-order valence-electron chi connectivity index (χ3n) is 3.14. The average molecular weight is 353 g/mol. The van der Waals surface area contributed by atoms with Gasteiger partial charge in [-0.2, -0.15) is 0 Å². The first-order valence-electron chi connectivity index (χ1n) is 6.66. The predicted octanol–water partition coefficient (Wildman–Crippen LogP) is 2.38. The van der Waals surface area contributed by atoms with E-state index in [1.165, 1.54) is 19.1 Å². The Kier molecular flexibility index (Phi) is 5.62. The van der Waals surface area contributed by atoms with E-state index in [4.69, 9.17) is 26.8 Å². The summed E-state index contributed by atoms with van der Waals surface area (Å²) in [6.07, 6.45) is 1.52. The maximum absolute atomic E-state index is 12.4. The number of hydrogen-bond acceptors (Lipinski definition) is 6. The lowest BCUT2D eigenvalue weighted by Crippen LogP contribution is -2.30. The number of carboxylic acids is 1. The summed E-state index contributed by atoms with van der Waals surface area (Å²) in [5, 5.41) is 8.74. The van der Waals surface area contributed by atoms with Crippen molar-refractivity contribution in [1.82, 2.24) is 4.90 Å². The highest BCUT2D eigenvalue weighted by Gasteiger charge is 2.32. The highest BCUT2D eigenvalue weighted by atomic mass is 32.2. The van der Waals surface area contributed by atoms with Crippen molar-refractivity contribution in [3.05, 3.63) is 28.7 Å². The van der Waals surface area contributed by atoms with Gasteiger partial charge in [-0.05, 0) is 12.1 Å². The molecule has 0 unspecified atom stereocenters. The van der Waals surface area contributed by atoms with Crippen LogP contribution >= 0.6 is 24.0 Å². The normalized spacial score (nSPS) is 16.1. The molecular weight excluding hydrogens is 338 g/mol. The molecule has 0 bridgehead atoms. The molecule has 1 heterocycles. The number of nitrogens with zero attached hydrogens (tertiary/aromatic N) is 1. The van der Waals surface area contributed by atoms with Gasteiger partial charge in [-0.3, -0.25) is 14.5 Å². The van der Waals surface area contributed by atoms with Crippen molar-refractivity contribution in [2.75, 3.05) is 20.8 Å². The summed E-state index contributed by atoms with van der Waals surface area (Å²) in [7, 11) is 3.06. The van der Waals surface area contributed by atoms with Gasteiger partial charge >= 0.3 is 5.97 Å². The molecule has 0 atom stereocenters. The molecule has 23 heavy (non-hydrogen) atoms. The molecule has 0 spiro atoms. The summed E-state index contributed by atoms with van der Waals surface area (Å²) in [5.41, 5.74) is 0.686. The number of carbonyl (C=O) groups excluding carboxylic acids is 1. The Bertz CT molecular complexity index is 686. The van der Waals surface area contributed by atoms with Crippen molar-refractivity contribution in [1.29, 1.82) is 0 Å². The monoisotopic (exact) mass is 353 g/mol. The van der Waals surface area contributed by atoms with Crippen LogP contribution in [0.1, 0.15) is 12.0 Å². The van der Waals surface area contributed by atoms with Gasteiger partial charge in [-0.1, -0.05) is 36.1 Å². The van der Waals surface area contributed by atoms with Crippen molar-refractivity contribution in [2.45, 2.75) is 6.42 Å². The van der Waals surface area contributed by atoms with Crippen molar-refractivity contribution < 1.29 is 24.2 Å². The number of amides is 1. The minimum absolute atomic E-state index is 0.0621. The van der Waals surface area contributed by atoms with Crippen LogP contribution in [-0.4, -0.2) is 47.0 Å². The van der Waals surface area contributed by atoms with Crippen molar-refractivity contribution in [3.8, 4) is 11.5 Å². The van der Waals surface area contributed by atoms with Crippen LogP contribution in [0.15, 0.2) is 23.1 Å². The molecule has 0 radical (unpaired) electrons. The molecule has 1 aromatic rings. The molecule has 1 amide bonds. The Morgan fingerprint density at radius 2 is 2.13 bits per heavy atom. The molecule has 1 fully saturated rings. The van der Waals surface area contributed by atoms with E-state index < -0.39 is 5.97 Å². The maximum Gasteiger partial charge on any atom is 0.305 e. The van der Waals surface area contributed by atoms with Crippen LogP contribution in [0, 0.1) is 0 Å². The zero-order valence-electron chi connectivity index (χ0n) is 12.6. The van der Waals surface area contributed by atoms with Crippen molar-refractivity contribution in [2.24, 2.45) is 0 Å². The number of carbonyl (C=O) groups is 2. The topological polar surface area (TPSA) is 76.1 Å². The van der Waals surface area contributed by atoms with E-state index >= 15 is 0 Å². The molecule has 1 aromatic carbocycles. The van der Waals surface area contributed by atoms with Gasteiger partial charge in [0, 0.05) is 12.1 Å². The van der Waals surface area contributed by atoms with E-state index in [0.29, 0.717) is 26.3 Å². The molecule has 0 aliphatic carbocycles. The zero-order valence-corrected chi connectivity index (χ0v) is 14.2. The van der Waals surface area contributed by atoms with Crippen LogP contribution in [-0.2, 0) is 9.59 Å². The Morgan fingerprint density at radius 3 is 2.74 bits per heavy atom. The number of ether oxygens (including phenoxy) is 2. The highest BCUT2D eigenvalue weighted by Crippen LogP contribution is 2.37. The number of methoxy groups -OCH3 is 2. The zero-order chi connectivity index (χ0) is 17.0. The smallest absolute Gasteiger partial charge is 0.305 e. The Morgan fingerprint density at radius 1 is 1.39 bits per heavy atom. The summed E-state index contributed by atoms with van der Waals surface area (Å²) in [4.78, 5) is 24.8. The van der Waals surface area contributed by atoms with E-state index in [1.807, 2.05) is 0 Å². The Labute approximate surface area is 143 Å². The van der Waals surface area contributed by atoms with Crippen molar-refractivity contribution >= 4 is 46.3 Å². The molecule has 122 valence electrons. The fourth-order valence-electron chi connectivity index (χ4n) is 2.07. The number of thiocarbonyl (C=S) groups is 1. The van der Waals surface area contributed by atoms with Crippen LogP contribution in [0.25, 0.3) is 6.08 Å². The van der Waals surface area contributed by atoms with E-state index in [-0.39, 0.29) is 18.9 Å². The van der Waals surface area contributed by atoms with Gasteiger partial charge in [0.1, 0.15) is 4.32 Å². The number of benzene rings is 1. The van der Waals surface area contributed by atoms with Gasteiger partial charge in [0.2, 0.25) is 0 Å². The predicted molar refractivity (Wildman–Crippen MR) is 91.7 cm³/mol. The SMILES string of the molecule is COc1cccc(/C=C2/SC(=S)N(CCC(=O)O)C2=O)c1OC. The van der Waals surface area contributed by atoms with E-state index in [1.54, 1.807) is 24.3 Å². The Hall–Kier alpha value is -2.06. The van der Waals surface area contributed by atoms with E-state index in [0.717, 1.165) is 11.8 Å². The summed E-state index contributed by atoms with van der Waals surface area (Å²) >= 11 is 6.29. The van der Waals surface area contributed by atoms with Gasteiger partial charge in [-0.25, -0.2) is 0 Å².